The van der Waals surface area contributed by atoms with Gasteiger partial charge >= 0.3 is 0 Å². The number of nitro groups is 1. The standard InChI is InChI=1S/C13H19N5O3/c1-8-7-17(2)4-3-11(8)16-13(19)10-5-9(18(20)21)6-15-12(10)14/h5-6,8,11H,3-4,7H2,1-2H3,(H2,14,15)(H,16,19). The quantitative estimate of drug-likeness (QED) is 0.624. The van der Waals surface area contributed by atoms with E-state index in [1.807, 2.05) is 7.05 Å². The summed E-state index contributed by atoms with van der Waals surface area (Å²) in [6.45, 7) is 3.86. The van der Waals surface area contributed by atoms with Crippen LogP contribution in [0.15, 0.2) is 12.3 Å². The van der Waals surface area contributed by atoms with Crippen LogP contribution in [-0.4, -0.2) is 46.9 Å². The zero-order valence-corrected chi connectivity index (χ0v) is 12.1. The van der Waals surface area contributed by atoms with Gasteiger partial charge in [0.2, 0.25) is 0 Å². The van der Waals surface area contributed by atoms with E-state index >= 15 is 0 Å². The fourth-order valence-electron chi connectivity index (χ4n) is 2.56. The number of anilines is 1. The van der Waals surface area contributed by atoms with Crippen molar-refractivity contribution in [1.82, 2.24) is 15.2 Å². The summed E-state index contributed by atoms with van der Waals surface area (Å²) in [4.78, 5) is 28.3. The van der Waals surface area contributed by atoms with Crippen LogP contribution in [0.2, 0.25) is 0 Å². The highest BCUT2D eigenvalue weighted by Crippen LogP contribution is 2.19. The van der Waals surface area contributed by atoms with E-state index in [1.54, 1.807) is 0 Å². The van der Waals surface area contributed by atoms with Crippen LogP contribution in [-0.2, 0) is 0 Å². The average molecular weight is 293 g/mol. The summed E-state index contributed by atoms with van der Waals surface area (Å²) >= 11 is 0. The minimum atomic E-state index is -0.596. The number of amides is 1. The molecule has 0 aromatic carbocycles. The molecule has 114 valence electrons. The second-order valence-electron chi connectivity index (χ2n) is 5.49. The van der Waals surface area contributed by atoms with Crippen LogP contribution in [0.4, 0.5) is 11.5 Å². The lowest BCUT2D eigenvalue weighted by Crippen LogP contribution is -2.49. The van der Waals surface area contributed by atoms with Gasteiger partial charge in [-0.2, -0.15) is 0 Å². The highest BCUT2D eigenvalue weighted by molar-refractivity contribution is 5.99. The number of rotatable bonds is 3. The Balaban J connectivity index is 2.13. The van der Waals surface area contributed by atoms with Crippen molar-refractivity contribution in [3.63, 3.8) is 0 Å². The first-order valence-corrected chi connectivity index (χ1v) is 6.77. The zero-order valence-electron chi connectivity index (χ0n) is 12.1. The van der Waals surface area contributed by atoms with Gasteiger partial charge in [-0.05, 0) is 25.9 Å². The molecule has 0 radical (unpaired) electrons. The third kappa shape index (κ3) is 3.46. The molecule has 1 aliphatic rings. The lowest BCUT2D eigenvalue weighted by atomic mass is 9.94. The topological polar surface area (TPSA) is 114 Å². The van der Waals surface area contributed by atoms with Crippen LogP contribution in [0.5, 0.6) is 0 Å². The van der Waals surface area contributed by atoms with Gasteiger partial charge in [0.15, 0.2) is 0 Å². The van der Waals surface area contributed by atoms with Crippen molar-refractivity contribution >= 4 is 17.4 Å². The molecule has 2 unspecified atom stereocenters. The summed E-state index contributed by atoms with van der Waals surface area (Å²) in [5, 5.41) is 13.7. The maximum absolute atomic E-state index is 12.3. The van der Waals surface area contributed by atoms with Gasteiger partial charge in [-0.1, -0.05) is 6.92 Å². The summed E-state index contributed by atoms with van der Waals surface area (Å²) in [7, 11) is 2.04. The lowest BCUT2D eigenvalue weighted by molar-refractivity contribution is -0.385. The number of piperidine rings is 1. The molecule has 8 nitrogen and oxygen atoms in total. The maximum atomic E-state index is 12.3. The van der Waals surface area contributed by atoms with E-state index in [0.717, 1.165) is 31.8 Å². The fraction of sp³-hybridized carbons (Fsp3) is 0.538. The van der Waals surface area contributed by atoms with Gasteiger partial charge in [-0.3, -0.25) is 14.9 Å². The Hall–Kier alpha value is -2.22. The Morgan fingerprint density at radius 3 is 2.95 bits per heavy atom. The summed E-state index contributed by atoms with van der Waals surface area (Å²) in [6, 6.07) is 1.20. The molecule has 1 aromatic heterocycles. The third-order valence-electron chi connectivity index (χ3n) is 3.78. The van der Waals surface area contributed by atoms with Crippen LogP contribution >= 0.6 is 0 Å². The number of carbonyl (C=O) groups excluding carboxylic acids is 1. The number of hydrogen-bond acceptors (Lipinski definition) is 6. The molecule has 1 aromatic rings. The molecule has 1 aliphatic heterocycles. The Morgan fingerprint density at radius 1 is 1.62 bits per heavy atom. The summed E-state index contributed by atoms with van der Waals surface area (Å²) in [6.07, 6.45) is 1.88. The number of carbonyl (C=O) groups is 1. The summed E-state index contributed by atoms with van der Waals surface area (Å²) < 4.78 is 0. The van der Waals surface area contributed by atoms with Crippen LogP contribution in [0.25, 0.3) is 0 Å². The van der Waals surface area contributed by atoms with Gasteiger partial charge in [-0.15, -0.1) is 0 Å². The van der Waals surface area contributed by atoms with Gasteiger partial charge in [0.05, 0.1) is 10.5 Å². The van der Waals surface area contributed by atoms with Crippen molar-refractivity contribution in [2.24, 2.45) is 5.92 Å². The molecular weight excluding hydrogens is 274 g/mol. The first-order valence-electron chi connectivity index (χ1n) is 6.77. The SMILES string of the molecule is CC1CN(C)CCC1NC(=O)c1cc([N+](=O)[O-])cnc1N. The minimum Gasteiger partial charge on any atom is -0.383 e. The molecule has 0 spiro atoms. The summed E-state index contributed by atoms with van der Waals surface area (Å²) in [5.74, 6) is -0.107. The Labute approximate surface area is 122 Å². The normalized spacial score (nSPS) is 22.8. The minimum absolute atomic E-state index is 0.00122. The van der Waals surface area contributed by atoms with E-state index in [-0.39, 0.29) is 23.1 Å². The number of likely N-dealkylation sites (tertiary alicyclic amines) is 1. The molecule has 0 saturated carbocycles. The number of nitrogens with zero attached hydrogens (tertiary/aromatic N) is 3. The van der Waals surface area contributed by atoms with Crippen molar-refractivity contribution < 1.29 is 9.72 Å². The second-order valence-corrected chi connectivity index (χ2v) is 5.49. The van der Waals surface area contributed by atoms with Crippen molar-refractivity contribution in [2.75, 3.05) is 25.9 Å². The predicted octanol–water partition coefficient (Wildman–Crippen LogP) is 0.642. The fourth-order valence-corrected chi connectivity index (χ4v) is 2.56. The van der Waals surface area contributed by atoms with E-state index in [0.29, 0.717) is 5.92 Å². The molecule has 2 rings (SSSR count). The molecule has 3 N–H and O–H groups in total. The first kappa shape index (κ1) is 15.2. The van der Waals surface area contributed by atoms with E-state index in [4.69, 9.17) is 5.73 Å². The van der Waals surface area contributed by atoms with Gasteiger partial charge in [0.25, 0.3) is 11.6 Å². The molecule has 2 heterocycles. The lowest BCUT2D eigenvalue weighted by Gasteiger charge is -2.35. The number of hydrogen-bond donors (Lipinski definition) is 2. The first-order chi connectivity index (χ1) is 9.88. The summed E-state index contributed by atoms with van der Waals surface area (Å²) in [5.41, 5.74) is 5.46. The Morgan fingerprint density at radius 2 is 2.33 bits per heavy atom. The van der Waals surface area contributed by atoms with E-state index in [1.165, 1.54) is 0 Å². The molecular formula is C13H19N5O3. The van der Waals surface area contributed by atoms with Crippen LogP contribution in [0.3, 0.4) is 0 Å². The molecule has 1 saturated heterocycles. The van der Waals surface area contributed by atoms with Crippen LogP contribution in [0, 0.1) is 16.0 Å². The smallest absolute Gasteiger partial charge is 0.288 e. The third-order valence-corrected chi connectivity index (χ3v) is 3.78. The van der Waals surface area contributed by atoms with Crippen LogP contribution in [0.1, 0.15) is 23.7 Å². The van der Waals surface area contributed by atoms with Gasteiger partial charge in [0.1, 0.15) is 12.0 Å². The Bertz CT molecular complexity index is 563. The highest BCUT2D eigenvalue weighted by atomic mass is 16.6. The molecule has 1 fully saturated rings. The van der Waals surface area contributed by atoms with Crippen LogP contribution < -0.4 is 11.1 Å². The highest BCUT2D eigenvalue weighted by Gasteiger charge is 2.27. The van der Waals surface area contributed by atoms with E-state index < -0.39 is 10.8 Å². The van der Waals surface area contributed by atoms with Gasteiger partial charge in [0, 0.05) is 18.7 Å². The number of aromatic nitrogens is 1. The molecule has 8 heteroatoms. The molecule has 0 aliphatic carbocycles. The second kappa shape index (κ2) is 6.04. The molecule has 1 amide bonds. The number of nitrogens with two attached hydrogens (primary N) is 1. The Kier molecular flexibility index (Phi) is 4.37. The van der Waals surface area contributed by atoms with Crippen molar-refractivity contribution in [3.05, 3.63) is 27.9 Å². The van der Waals surface area contributed by atoms with E-state index in [2.05, 4.69) is 22.1 Å². The monoisotopic (exact) mass is 293 g/mol. The predicted molar refractivity (Wildman–Crippen MR) is 77.8 cm³/mol. The average Bonchev–Trinajstić information content (AvgIpc) is 2.42. The van der Waals surface area contributed by atoms with Crippen molar-refractivity contribution in [3.8, 4) is 0 Å². The number of pyridine rings is 1. The molecule has 21 heavy (non-hydrogen) atoms. The molecule has 2 atom stereocenters. The largest absolute Gasteiger partial charge is 0.383 e. The number of nitrogens with one attached hydrogen (secondary N) is 1. The van der Waals surface area contributed by atoms with Crippen molar-refractivity contribution in [2.45, 2.75) is 19.4 Å². The maximum Gasteiger partial charge on any atom is 0.288 e. The van der Waals surface area contributed by atoms with E-state index in [9.17, 15) is 14.9 Å². The van der Waals surface area contributed by atoms with Gasteiger partial charge < -0.3 is 16.0 Å². The number of nitrogen functional groups attached to an aromatic ring is 1. The van der Waals surface area contributed by atoms with Gasteiger partial charge in [-0.25, -0.2) is 4.98 Å². The zero-order chi connectivity index (χ0) is 15.6. The molecule has 0 bridgehead atoms. The van der Waals surface area contributed by atoms with Crippen molar-refractivity contribution in [1.29, 1.82) is 0 Å².